The number of benzene rings is 1. The molecule has 11 atom stereocenters. The minimum atomic E-state index is -0.534. The second-order valence-corrected chi connectivity index (χ2v) is 13.9. The maximum Gasteiger partial charge on any atom is 0.309 e. The van der Waals surface area contributed by atoms with Gasteiger partial charge in [-0.05, 0) is 48.6 Å². The van der Waals surface area contributed by atoms with Crippen molar-refractivity contribution in [1.82, 2.24) is 0 Å². The molecule has 0 radical (unpaired) electrons. The zero-order valence-electron chi connectivity index (χ0n) is 23.0. The van der Waals surface area contributed by atoms with Gasteiger partial charge >= 0.3 is 5.97 Å². The van der Waals surface area contributed by atoms with E-state index in [2.05, 4.69) is 39.8 Å². The Labute approximate surface area is 223 Å². The molecule has 4 heterocycles. The van der Waals surface area contributed by atoms with Gasteiger partial charge in [0, 0.05) is 17.8 Å². The molecule has 4 aliphatic heterocycles. The largest absolute Gasteiger partial charge is 0.465 e. The number of hydrogen-bond acceptors (Lipinski definition) is 7. The van der Waals surface area contributed by atoms with E-state index >= 15 is 0 Å². The summed E-state index contributed by atoms with van der Waals surface area (Å²) < 4.78 is 32.9. The fourth-order valence-corrected chi connectivity index (χ4v) is 10.1. The highest BCUT2D eigenvalue weighted by atomic mass is 16.8. The monoisotopic (exact) mass is 522 g/mol. The summed E-state index contributed by atoms with van der Waals surface area (Å²) in [6.45, 7) is 11.8. The quantitative estimate of drug-likeness (QED) is 0.415. The Morgan fingerprint density at radius 1 is 1.08 bits per heavy atom. The van der Waals surface area contributed by atoms with Crippen LogP contribution in [0.25, 0.3) is 0 Å². The smallest absolute Gasteiger partial charge is 0.309 e. The molecular formula is C31H38O7. The first-order chi connectivity index (χ1) is 18.0. The molecule has 38 heavy (non-hydrogen) atoms. The minimum Gasteiger partial charge on any atom is -0.465 e. The highest BCUT2D eigenvalue weighted by Gasteiger charge is 3.02. The van der Waals surface area contributed by atoms with Crippen molar-refractivity contribution in [2.45, 2.75) is 108 Å². The Hall–Kier alpha value is -1.80. The predicted octanol–water partition coefficient (Wildman–Crippen LogP) is 3.79. The van der Waals surface area contributed by atoms with Crippen LogP contribution in [0, 0.1) is 28.6 Å². The summed E-state index contributed by atoms with van der Waals surface area (Å²) in [4.78, 5) is 24.1. The van der Waals surface area contributed by atoms with Crippen LogP contribution in [-0.4, -0.2) is 59.6 Å². The van der Waals surface area contributed by atoms with Crippen LogP contribution < -0.4 is 0 Å². The van der Waals surface area contributed by atoms with Crippen LogP contribution in [-0.2, 0) is 46.3 Å². The third kappa shape index (κ3) is 2.48. The van der Waals surface area contributed by atoms with Gasteiger partial charge in [0.05, 0.1) is 25.2 Å². The Morgan fingerprint density at radius 3 is 2.53 bits per heavy atom. The predicted molar refractivity (Wildman–Crippen MR) is 135 cm³/mol. The van der Waals surface area contributed by atoms with Crippen LogP contribution >= 0.6 is 0 Å². The van der Waals surface area contributed by atoms with Crippen LogP contribution in [0.1, 0.15) is 65.0 Å². The van der Waals surface area contributed by atoms with Gasteiger partial charge in [-0.1, -0.05) is 52.0 Å². The van der Waals surface area contributed by atoms with E-state index in [1.165, 1.54) is 0 Å². The normalized spacial score (nSPS) is 52.5. The number of fused-ring (bicyclic) bond motifs is 5. The zero-order chi connectivity index (χ0) is 26.5. The number of rotatable bonds is 6. The van der Waals surface area contributed by atoms with Gasteiger partial charge in [0.15, 0.2) is 5.60 Å². The molecule has 0 N–H and O–H groups in total. The highest BCUT2D eigenvalue weighted by Crippen LogP contribution is 2.86. The molecule has 7 fully saturated rings. The Morgan fingerprint density at radius 2 is 1.82 bits per heavy atom. The number of Topliss-reactive ketones (excluding diaryl/α,β-unsaturated/α-hetero) is 1. The summed E-state index contributed by atoms with van der Waals surface area (Å²) in [5, 5.41) is 0. The third-order valence-corrected chi connectivity index (χ3v) is 12.2. The molecule has 7 aliphatic rings. The first-order valence-corrected chi connectivity index (χ1v) is 14.4. The van der Waals surface area contributed by atoms with Crippen LogP contribution in [0.2, 0.25) is 0 Å². The van der Waals surface area contributed by atoms with Crippen molar-refractivity contribution in [1.29, 1.82) is 0 Å². The lowest BCUT2D eigenvalue weighted by molar-refractivity contribution is -0.180. The van der Waals surface area contributed by atoms with Crippen molar-refractivity contribution >= 4 is 11.8 Å². The van der Waals surface area contributed by atoms with Crippen molar-refractivity contribution in [3.8, 4) is 0 Å². The molecule has 1 aromatic carbocycles. The van der Waals surface area contributed by atoms with Gasteiger partial charge in [-0.25, -0.2) is 0 Å². The number of ether oxygens (including phenoxy) is 5. The van der Waals surface area contributed by atoms with Gasteiger partial charge < -0.3 is 23.7 Å². The van der Waals surface area contributed by atoms with E-state index in [4.69, 9.17) is 23.7 Å². The van der Waals surface area contributed by atoms with E-state index < -0.39 is 16.8 Å². The van der Waals surface area contributed by atoms with E-state index in [9.17, 15) is 9.59 Å². The van der Waals surface area contributed by atoms with E-state index in [-0.39, 0.29) is 64.8 Å². The van der Waals surface area contributed by atoms with E-state index in [0.29, 0.717) is 19.6 Å². The highest BCUT2D eigenvalue weighted by molar-refractivity contribution is 5.78. The number of esters is 1. The first-order valence-electron chi connectivity index (χ1n) is 14.4. The molecule has 204 valence electrons. The third-order valence-electron chi connectivity index (χ3n) is 12.2. The van der Waals surface area contributed by atoms with Gasteiger partial charge in [-0.3, -0.25) is 9.59 Å². The second-order valence-electron chi connectivity index (χ2n) is 13.9. The van der Waals surface area contributed by atoms with Crippen LogP contribution in [0.3, 0.4) is 0 Å². The summed E-state index contributed by atoms with van der Waals surface area (Å²) in [7, 11) is 0. The Balaban J connectivity index is 1.15. The molecule has 7 heteroatoms. The van der Waals surface area contributed by atoms with Gasteiger partial charge in [-0.15, -0.1) is 0 Å². The zero-order valence-corrected chi connectivity index (χ0v) is 23.0. The lowest BCUT2D eigenvalue weighted by Crippen LogP contribution is -2.73. The van der Waals surface area contributed by atoms with E-state index in [1.54, 1.807) is 6.92 Å². The Kier molecular flexibility index (Phi) is 4.48. The molecule has 8 rings (SSSR count). The van der Waals surface area contributed by atoms with Gasteiger partial charge in [0.1, 0.15) is 35.3 Å². The van der Waals surface area contributed by atoms with Crippen LogP contribution in [0.5, 0.6) is 0 Å². The molecule has 0 amide bonds. The second kappa shape index (κ2) is 7.09. The molecule has 1 aromatic rings. The van der Waals surface area contributed by atoms with Gasteiger partial charge in [0.2, 0.25) is 0 Å². The fraction of sp³-hybridized carbons (Fsp3) is 0.742. The molecule has 4 saturated heterocycles. The number of ketones is 1. The molecule has 3 saturated carbocycles. The number of carbonyl (C=O) groups excluding carboxylic acids is 2. The summed E-state index contributed by atoms with van der Waals surface area (Å²) in [6.07, 6.45) is 2.87. The molecule has 7 nitrogen and oxygen atoms in total. The molecule has 3 aliphatic carbocycles. The van der Waals surface area contributed by atoms with E-state index in [0.717, 1.165) is 30.4 Å². The summed E-state index contributed by atoms with van der Waals surface area (Å²) >= 11 is 0. The maximum atomic E-state index is 12.6. The molecule has 2 spiro atoms. The number of carbonyl (C=O) groups is 2. The molecule has 11 unspecified atom stereocenters. The first kappa shape index (κ1) is 24.0. The lowest BCUT2D eigenvalue weighted by Gasteiger charge is -2.62. The lowest BCUT2D eigenvalue weighted by atomic mass is 9.39. The average Bonchev–Trinajstić information content (AvgIpc) is 3.77. The average molecular weight is 523 g/mol. The van der Waals surface area contributed by atoms with Crippen molar-refractivity contribution < 1.29 is 33.3 Å². The van der Waals surface area contributed by atoms with Crippen LogP contribution in [0.4, 0.5) is 0 Å². The molecule has 0 bridgehead atoms. The molecule has 0 aromatic heterocycles. The number of epoxide rings is 3. The van der Waals surface area contributed by atoms with E-state index in [1.807, 2.05) is 12.1 Å². The van der Waals surface area contributed by atoms with Gasteiger partial charge in [0.25, 0.3) is 0 Å². The van der Waals surface area contributed by atoms with Crippen molar-refractivity contribution in [3.05, 3.63) is 35.4 Å². The number of hydrogen-bond donors (Lipinski definition) is 0. The van der Waals surface area contributed by atoms with Crippen molar-refractivity contribution in [2.75, 3.05) is 6.61 Å². The Bertz CT molecular complexity index is 1240. The molecular weight excluding hydrogens is 484 g/mol. The minimum absolute atomic E-state index is 0.000174. The SMILES string of the molecule is CC(=O)Cc1ccc(COC2C3(C(C)C)OC3C3OC34C23OC3CC2(C)C3COC(=O)C3CCC24C)cc1. The summed E-state index contributed by atoms with van der Waals surface area (Å²) in [5.74, 6) is 0.574. The summed E-state index contributed by atoms with van der Waals surface area (Å²) in [6, 6.07) is 8.15. The van der Waals surface area contributed by atoms with Gasteiger partial charge in [-0.2, -0.15) is 0 Å². The standard InChI is InChI=1S/C31H38O7/c1-16(2)29-23(37-29)24-31(38-24)28(5)11-10-20-21(15-34-25(20)33)27(28,4)13-22-30(31,36-22)26(29)35-14-19-8-6-18(7-9-19)12-17(3)32/h6-9,16,20-24,26H,10-15H2,1-5H3. The van der Waals surface area contributed by atoms with Crippen LogP contribution in [0.15, 0.2) is 24.3 Å². The maximum absolute atomic E-state index is 12.6. The fourth-order valence-electron chi connectivity index (χ4n) is 10.1. The van der Waals surface area contributed by atoms with Crippen molar-refractivity contribution in [2.24, 2.45) is 28.6 Å². The van der Waals surface area contributed by atoms with Crippen molar-refractivity contribution in [3.63, 3.8) is 0 Å². The summed E-state index contributed by atoms with van der Waals surface area (Å²) in [5.41, 5.74) is 0.386. The topological polar surface area (TPSA) is 90.2 Å². The number of cyclic esters (lactones) is 1.